The Morgan fingerprint density at radius 2 is 1.72 bits per heavy atom. The van der Waals surface area contributed by atoms with Gasteiger partial charge in [0.15, 0.2) is 5.03 Å². The highest BCUT2D eigenvalue weighted by Crippen LogP contribution is 2.54. The van der Waals surface area contributed by atoms with E-state index in [-0.39, 0.29) is 39.5 Å². The molecule has 1 N–H and O–H groups in total. The first-order valence-electron chi connectivity index (χ1n) is 9.78. The normalized spacial score (nSPS) is 21.5. The van der Waals surface area contributed by atoms with Crippen LogP contribution in [-0.2, 0) is 29.9 Å². The Morgan fingerprint density at radius 3 is 2.31 bits per heavy atom. The molecule has 2 aliphatic rings. The Labute approximate surface area is 192 Å². The van der Waals surface area contributed by atoms with Gasteiger partial charge in [-0.15, -0.1) is 0 Å². The zero-order valence-electron chi connectivity index (χ0n) is 17.1. The monoisotopic (exact) mass is 519 g/mol. The number of piperidine rings is 1. The smallest absolute Gasteiger partial charge is 0.244 e. The summed E-state index contributed by atoms with van der Waals surface area (Å²) in [4.78, 5) is 3.08. The van der Waals surface area contributed by atoms with Gasteiger partial charge in [0.25, 0.3) is 0 Å². The highest BCUT2D eigenvalue weighted by Gasteiger charge is 2.56. The van der Waals surface area contributed by atoms with Gasteiger partial charge in [0.2, 0.25) is 29.9 Å². The molecule has 32 heavy (non-hydrogen) atoms. The van der Waals surface area contributed by atoms with Crippen LogP contribution >= 0.6 is 11.6 Å². The van der Waals surface area contributed by atoms with Crippen molar-refractivity contribution < 1.29 is 25.3 Å². The van der Waals surface area contributed by atoms with E-state index in [1.54, 1.807) is 6.07 Å². The summed E-state index contributed by atoms with van der Waals surface area (Å²) in [6.45, 7) is 0.325. The van der Waals surface area contributed by atoms with Crippen LogP contribution in [0.2, 0.25) is 5.02 Å². The molecule has 1 aliphatic heterocycles. The maximum Gasteiger partial charge on any atom is 0.244 e. The molecule has 1 aromatic heterocycles. The molecular formula is C19H22ClN3O6S3. The van der Waals surface area contributed by atoms with Crippen LogP contribution in [0.4, 0.5) is 0 Å². The molecule has 1 unspecified atom stereocenters. The molecule has 0 bridgehead atoms. The quantitative estimate of drug-likeness (QED) is 0.614. The number of pyridine rings is 1. The molecule has 1 aromatic carbocycles. The zero-order chi connectivity index (χ0) is 23.4. The van der Waals surface area contributed by atoms with Gasteiger partial charge in [0.1, 0.15) is 4.90 Å². The van der Waals surface area contributed by atoms with Crippen molar-refractivity contribution in [1.29, 1.82) is 0 Å². The topological polar surface area (TPSA) is 131 Å². The van der Waals surface area contributed by atoms with Crippen molar-refractivity contribution in [3.63, 3.8) is 0 Å². The number of sulfone groups is 1. The van der Waals surface area contributed by atoms with Gasteiger partial charge in [0, 0.05) is 30.4 Å². The standard InChI is InChI=1S/C19H22ClN3O6S3/c1-30(24,25)22-17-13-19(17)7-10-23(11-8-19)32(28,29)15-6-5-14(20)12-16(15)31(26,27)18-4-2-3-9-21-18/h2-6,9,12,17,22H,7-8,10-11,13H2,1H3. The molecule has 2 heterocycles. The Morgan fingerprint density at radius 1 is 1.03 bits per heavy atom. The fraction of sp³-hybridized carbons (Fsp3) is 0.421. The molecule has 1 saturated carbocycles. The highest BCUT2D eigenvalue weighted by molar-refractivity contribution is 7.93. The lowest BCUT2D eigenvalue weighted by Crippen LogP contribution is -2.41. The molecule has 9 nitrogen and oxygen atoms in total. The molecule has 2 aromatic rings. The summed E-state index contributed by atoms with van der Waals surface area (Å²) in [6.07, 6.45) is 4.04. The predicted molar refractivity (Wildman–Crippen MR) is 118 cm³/mol. The SMILES string of the molecule is CS(=O)(=O)NC1CC12CCN(S(=O)(=O)c1ccc(Cl)cc1S(=O)(=O)c1ccccn1)CC2. The minimum atomic E-state index is -4.23. The number of benzene rings is 1. The number of hydrogen-bond acceptors (Lipinski definition) is 7. The maximum absolute atomic E-state index is 13.4. The Balaban J connectivity index is 1.62. The minimum Gasteiger partial charge on any atom is -0.244 e. The summed E-state index contributed by atoms with van der Waals surface area (Å²) in [5.74, 6) is 0. The van der Waals surface area contributed by atoms with Gasteiger partial charge in [-0.3, -0.25) is 0 Å². The summed E-state index contributed by atoms with van der Waals surface area (Å²) in [6, 6.07) is 7.81. The van der Waals surface area contributed by atoms with Crippen LogP contribution in [0.3, 0.4) is 0 Å². The number of hydrogen-bond donors (Lipinski definition) is 1. The molecule has 1 saturated heterocycles. The number of aromatic nitrogens is 1. The lowest BCUT2D eigenvalue weighted by Gasteiger charge is -2.32. The van der Waals surface area contributed by atoms with Crippen molar-refractivity contribution in [2.45, 2.75) is 40.1 Å². The van der Waals surface area contributed by atoms with Crippen LogP contribution in [0, 0.1) is 5.41 Å². The van der Waals surface area contributed by atoms with E-state index >= 15 is 0 Å². The van der Waals surface area contributed by atoms with Crippen LogP contribution < -0.4 is 4.72 Å². The van der Waals surface area contributed by atoms with Crippen molar-refractivity contribution in [2.24, 2.45) is 5.41 Å². The number of nitrogens with zero attached hydrogens (tertiary/aromatic N) is 2. The lowest BCUT2D eigenvalue weighted by atomic mass is 9.94. The molecule has 13 heteroatoms. The Hall–Kier alpha value is -1.57. The average molecular weight is 520 g/mol. The van der Waals surface area contributed by atoms with E-state index < -0.39 is 34.8 Å². The summed E-state index contributed by atoms with van der Waals surface area (Å²) in [5, 5.41) is -0.187. The fourth-order valence-corrected chi connectivity index (χ4v) is 8.68. The molecule has 1 atom stereocenters. The molecule has 0 radical (unpaired) electrons. The van der Waals surface area contributed by atoms with Gasteiger partial charge in [-0.1, -0.05) is 17.7 Å². The van der Waals surface area contributed by atoms with Gasteiger partial charge in [-0.05, 0) is 55.0 Å². The number of sulfonamides is 2. The average Bonchev–Trinajstić information content (AvgIpc) is 3.37. The number of nitrogens with one attached hydrogen (secondary N) is 1. The van der Waals surface area contributed by atoms with E-state index in [0.717, 1.165) is 12.3 Å². The van der Waals surface area contributed by atoms with Crippen LogP contribution in [0.5, 0.6) is 0 Å². The third-order valence-corrected chi connectivity index (χ3v) is 10.7. The van der Waals surface area contributed by atoms with Crippen LogP contribution in [0.25, 0.3) is 0 Å². The van der Waals surface area contributed by atoms with Crippen molar-refractivity contribution in [2.75, 3.05) is 19.3 Å². The third-order valence-electron chi connectivity index (χ3n) is 5.99. The van der Waals surface area contributed by atoms with E-state index in [0.29, 0.717) is 19.3 Å². The van der Waals surface area contributed by atoms with Crippen molar-refractivity contribution in [3.05, 3.63) is 47.6 Å². The molecule has 4 rings (SSSR count). The Bertz CT molecular complexity index is 1350. The molecule has 1 spiro atoms. The van der Waals surface area contributed by atoms with E-state index in [1.165, 1.54) is 34.8 Å². The minimum absolute atomic E-state index is 0.0868. The second-order valence-electron chi connectivity index (χ2n) is 8.18. The van der Waals surface area contributed by atoms with Crippen LogP contribution in [-0.4, -0.2) is 59.9 Å². The Kier molecular flexibility index (Phi) is 5.92. The van der Waals surface area contributed by atoms with E-state index in [4.69, 9.17) is 11.6 Å². The summed E-state index contributed by atoms with van der Waals surface area (Å²) in [5.41, 5.74) is -0.252. The van der Waals surface area contributed by atoms with E-state index in [1.807, 2.05) is 0 Å². The van der Waals surface area contributed by atoms with Crippen LogP contribution in [0.15, 0.2) is 57.4 Å². The first kappa shape index (κ1) is 23.6. The predicted octanol–water partition coefficient (Wildman–Crippen LogP) is 1.66. The van der Waals surface area contributed by atoms with Crippen LogP contribution in [0.1, 0.15) is 19.3 Å². The van der Waals surface area contributed by atoms with Gasteiger partial charge in [0.05, 0.1) is 11.2 Å². The highest BCUT2D eigenvalue weighted by atomic mass is 35.5. The van der Waals surface area contributed by atoms with Crippen molar-refractivity contribution >= 4 is 41.5 Å². The fourth-order valence-electron chi connectivity index (χ4n) is 4.16. The van der Waals surface area contributed by atoms with Gasteiger partial charge >= 0.3 is 0 Å². The summed E-state index contributed by atoms with van der Waals surface area (Å²) >= 11 is 6.01. The van der Waals surface area contributed by atoms with Gasteiger partial charge in [-0.25, -0.2) is 35.0 Å². The molecule has 1 aliphatic carbocycles. The van der Waals surface area contributed by atoms with Gasteiger partial charge < -0.3 is 0 Å². The largest absolute Gasteiger partial charge is 0.244 e. The number of rotatable bonds is 6. The second kappa shape index (κ2) is 8.03. The first-order valence-corrected chi connectivity index (χ1v) is 15.0. The number of halogens is 1. The van der Waals surface area contributed by atoms with Crippen molar-refractivity contribution in [3.8, 4) is 0 Å². The molecular weight excluding hydrogens is 498 g/mol. The lowest BCUT2D eigenvalue weighted by molar-refractivity contribution is 0.249. The molecule has 2 fully saturated rings. The zero-order valence-corrected chi connectivity index (χ0v) is 20.3. The second-order valence-corrected chi connectivity index (χ2v) is 14.2. The van der Waals surface area contributed by atoms with E-state index in [2.05, 4.69) is 9.71 Å². The summed E-state index contributed by atoms with van der Waals surface area (Å²) in [7, 11) is -11.7. The summed E-state index contributed by atoms with van der Waals surface area (Å²) < 4.78 is 80.0. The van der Waals surface area contributed by atoms with Gasteiger partial charge in [-0.2, -0.15) is 4.31 Å². The van der Waals surface area contributed by atoms with Crippen molar-refractivity contribution in [1.82, 2.24) is 14.0 Å². The molecule has 0 amide bonds. The maximum atomic E-state index is 13.4. The molecule has 174 valence electrons. The van der Waals surface area contributed by atoms with E-state index in [9.17, 15) is 25.3 Å². The third kappa shape index (κ3) is 4.44. The first-order chi connectivity index (χ1) is 14.9.